The molecule has 0 bridgehead atoms. The molecule has 0 saturated heterocycles. The first-order valence-electron chi connectivity index (χ1n) is 6.05. The second kappa shape index (κ2) is 6.78. The van der Waals surface area contributed by atoms with Gasteiger partial charge in [-0.2, -0.15) is 0 Å². The normalized spacial score (nSPS) is 23.9. The third-order valence-corrected chi connectivity index (χ3v) is 2.93. The molecule has 86 valence electrons. The van der Waals surface area contributed by atoms with Crippen molar-refractivity contribution in [2.24, 2.45) is 5.92 Å². The van der Waals surface area contributed by atoms with Gasteiger partial charge in [0.05, 0.1) is 6.10 Å². The molecule has 0 heterocycles. The number of Topliss-reactive ketones (excluding diaryl/α,β-unsaturated/α-hetero) is 1. The van der Waals surface area contributed by atoms with Crippen molar-refractivity contribution in [3.63, 3.8) is 0 Å². The van der Waals surface area contributed by atoms with E-state index in [1.165, 1.54) is 0 Å². The number of hydrogen-bond donors (Lipinski definition) is 1. The molecule has 1 saturated carbocycles. The van der Waals surface area contributed by atoms with E-state index in [1.807, 2.05) is 6.92 Å². The summed E-state index contributed by atoms with van der Waals surface area (Å²) in [6.07, 6.45) is 11.0. The van der Waals surface area contributed by atoms with Gasteiger partial charge in [0, 0.05) is 12.8 Å². The maximum atomic E-state index is 11.0. The molecule has 2 heteroatoms. The largest absolute Gasteiger partial charge is 0.393 e. The fourth-order valence-corrected chi connectivity index (χ4v) is 2.00. The zero-order chi connectivity index (χ0) is 11.1. The summed E-state index contributed by atoms with van der Waals surface area (Å²) in [5.74, 6) is 0.924. The van der Waals surface area contributed by atoms with Gasteiger partial charge in [0.1, 0.15) is 5.78 Å². The van der Waals surface area contributed by atoms with Crippen LogP contribution in [0.1, 0.15) is 51.9 Å². The van der Waals surface area contributed by atoms with E-state index in [4.69, 9.17) is 5.11 Å². The summed E-state index contributed by atoms with van der Waals surface area (Å²) < 4.78 is 0. The summed E-state index contributed by atoms with van der Waals surface area (Å²) in [6.45, 7) is 1.83. The number of ketones is 1. The van der Waals surface area contributed by atoms with Crippen molar-refractivity contribution in [3.05, 3.63) is 12.2 Å². The SMILES string of the molecule is C[C@@H](O)CCCC/C=C/[C@H]1CCC(=O)C1. The van der Waals surface area contributed by atoms with Crippen molar-refractivity contribution < 1.29 is 9.90 Å². The van der Waals surface area contributed by atoms with Crippen LogP contribution in [0.3, 0.4) is 0 Å². The highest BCUT2D eigenvalue weighted by atomic mass is 16.3. The minimum absolute atomic E-state index is 0.165. The highest BCUT2D eigenvalue weighted by Gasteiger charge is 2.18. The lowest BCUT2D eigenvalue weighted by molar-refractivity contribution is -0.117. The number of rotatable bonds is 6. The second-order valence-electron chi connectivity index (χ2n) is 4.60. The molecule has 2 atom stereocenters. The first-order valence-corrected chi connectivity index (χ1v) is 6.05. The Morgan fingerprint density at radius 2 is 2.33 bits per heavy atom. The molecule has 15 heavy (non-hydrogen) atoms. The van der Waals surface area contributed by atoms with Crippen LogP contribution >= 0.6 is 0 Å². The van der Waals surface area contributed by atoms with Crippen LogP contribution in [0.4, 0.5) is 0 Å². The van der Waals surface area contributed by atoms with E-state index in [0.29, 0.717) is 11.7 Å². The van der Waals surface area contributed by atoms with E-state index in [9.17, 15) is 4.79 Å². The average molecular weight is 210 g/mol. The van der Waals surface area contributed by atoms with Crippen LogP contribution in [0.5, 0.6) is 0 Å². The summed E-state index contributed by atoms with van der Waals surface area (Å²) in [6, 6.07) is 0. The lowest BCUT2D eigenvalue weighted by Gasteiger charge is -2.02. The zero-order valence-corrected chi connectivity index (χ0v) is 9.61. The lowest BCUT2D eigenvalue weighted by Crippen LogP contribution is -1.97. The quantitative estimate of drug-likeness (QED) is 0.540. The van der Waals surface area contributed by atoms with Crippen molar-refractivity contribution in [3.8, 4) is 0 Å². The number of aliphatic hydroxyl groups is 1. The average Bonchev–Trinajstić information content (AvgIpc) is 2.57. The molecular weight excluding hydrogens is 188 g/mol. The van der Waals surface area contributed by atoms with Crippen LogP contribution in [0, 0.1) is 5.92 Å². The first-order chi connectivity index (χ1) is 7.18. The smallest absolute Gasteiger partial charge is 0.133 e. The summed E-state index contributed by atoms with van der Waals surface area (Å²) >= 11 is 0. The van der Waals surface area contributed by atoms with Crippen LogP contribution < -0.4 is 0 Å². The van der Waals surface area contributed by atoms with Crippen molar-refractivity contribution in [1.82, 2.24) is 0 Å². The number of unbranched alkanes of at least 4 members (excludes halogenated alkanes) is 2. The third kappa shape index (κ3) is 5.73. The first kappa shape index (κ1) is 12.4. The molecule has 1 N–H and O–H groups in total. The monoisotopic (exact) mass is 210 g/mol. The molecule has 0 aromatic carbocycles. The zero-order valence-electron chi connectivity index (χ0n) is 9.61. The predicted molar refractivity (Wildman–Crippen MR) is 61.6 cm³/mol. The van der Waals surface area contributed by atoms with Gasteiger partial charge in [-0.3, -0.25) is 4.79 Å². The van der Waals surface area contributed by atoms with Gasteiger partial charge in [-0.15, -0.1) is 0 Å². The van der Waals surface area contributed by atoms with Gasteiger partial charge < -0.3 is 5.11 Å². The van der Waals surface area contributed by atoms with E-state index in [2.05, 4.69) is 12.2 Å². The minimum Gasteiger partial charge on any atom is -0.393 e. The molecule has 0 aromatic rings. The highest BCUT2D eigenvalue weighted by molar-refractivity contribution is 5.80. The molecule has 1 rings (SSSR count). The number of carbonyl (C=O) groups excluding carboxylic acids is 1. The molecule has 2 nitrogen and oxygen atoms in total. The Balaban J connectivity index is 1.99. The molecule has 0 amide bonds. The molecule has 0 aliphatic heterocycles. The summed E-state index contributed by atoms with van der Waals surface area (Å²) in [5.41, 5.74) is 0. The van der Waals surface area contributed by atoms with Gasteiger partial charge in [-0.05, 0) is 38.5 Å². The fourth-order valence-electron chi connectivity index (χ4n) is 2.00. The maximum Gasteiger partial charge on any atom is 0.133 e. The number of carbonyl (C=O) groups is 1. The van der Waals surface area contributed by atoms with Crippen LogP contribution in [0.2, 0.25) is 0 Å². The fraction of sp³-hybridized carbons (Fsp3) is 0.769. The molecule has 0 spiro atoms. The van der Waals surface area contributed by atoms with Gasteiger partial charge in [0.15, 0.2) is 0 Å². The van der Waals surface area contributed by atoms with Gasteiger partial charge in [0.25, 0.3) is 0 Å². The van der Waals surface area contributed by atoms with Crippen LogP contribution in [0.15, 0.2) is 12.2 Å². The van der Waals surface area contributed by atoms with Gasteiger partial charge in [-0.25, -0.2) is 0 Å². The van der Waals surface area contributed by atoms with Crippen LogP contribution in [0.25, 0.3) is 0 Å². The lowest BCUT2D eigenvalue weighted by atomic mass is 10.1. The third-order valence-electron chi connectivity index (χ3n) is 2.93. The standard InChI is InChI=1S/C13H22O2/c1-11(14)6-4-2-3-5-7-12-8-9-13(15)10-12/h5,7,11-12,14H,2-4,6,8-10H2,1H3/b7-5+/t11-,12+/m1/s1. The number of allylic oxidation sites excluding steroid dienone is 2. The maximum absolute atomic E-state index is 11.0. The molecule has 1 aliphatic rings. The molecule has 0 aromatic heterocycles. The van der Waals surface area contributed by atoms with Gasteiger partial charge in [0.2, 0.25) is 0 Å². The van der Waals surface area contributed by atoms with E-state index >= 15 is 0 Å². The Morgan fingerprint density at radius 1 is 1.53 bits per heavy atom. The van der Waals surface area contributed by atoms with Crippen molar-refractivity contribution in [1.29, 1.82) is 0 Å². The minimum atomic E-state index is -0.165. The second-order valence-corrected chi connectivity index (χ2v) is 4.60. The predicted octanol–water partition coefficient (Wildman–Crippen LogP) is 2.85. The van der Waals surface area contributed by atoms with Gasteiger partial charge in [-0.1, -0.05) is 18.6 Å². The summed E-state index contributed by atoms with van der Waals surface area (Å²) in [7, 11) is 0. The molecule has 1 fully saturated rings. The number of hydrogen-bond acceptors (Lipinski definition) is 2. The van der Waals surface area contributed by atoms with Crippen molar-refractivity contribution in [2.75, 3.05) is 0 Å². The van der Waals surface area contributed by atoms with Crippen LogP contribution in [-0.4, -0.2) is 17.0 Å². The van der Waals surface area contributed by atoms with Crippen molar-refractivity contribution in [2.45, 2.75) is 58.0 Å². The van der Waals surface area contributed by atoms with E-state index in [1.54, 1.807) is 0 Å². The molecular formula is C13H22O2. The number of aliphatic hydroxyl groups excluding tert-OH is 1. The molecule has 0 radical (unpaired) electrons. The van der Waals surface area contributed by atoms with E-state index in [0.717, 1.165) is 44.9 Å². The Labute approximate surface area is 92.4 Å². The highest BCUT2D eigenvalue weighted by Crippen LogP contribution is 2.23. The Morgan fingerprint density at radius 3 is 2.93 bits per heavy atom. The summed E-state index contributed by atoms with van der Waals surface area (Å²) in [4.78, 5) is 11.0. The topological polar surface area (TPSA) is 37.3 Å². The Hall–Kier alpha value is -0.630. The Bertz CT molecular complexity index is 219. The molecule has 0 unspecified atom stereocenters. The molecule has 1 aliphatic carbocycles. The summed E-state index contributed by atoms with van der Waals surface area (Å²) in [5, 5.41) is 9.06. The van der Waals surface area contributed by atoms with Crippen molar-refractivity contribution >= 4 is 5.78 Å². The van der Waals surface area contributed by atoms with E-state index in [-0.39, 0.29) is 6.10 Å². The van der Waals surface area contributed by atoms with E-state index < -0.39 is 0 Å². The van der Waals surface area contributed by atoms with Crippen LogP contribution in [-0.2, 0) is 4.79 Å². The van der Waals surface area contributed by atoms with Gasteiger partial charge >= 0.3 is 0 Å². The Kier molecular flexibility index (Phi) is 5.62.